The van der Waals surface area contributed by atoms with Gasteiger partial charge >= 0.3 is 0 Å². The van der Waals surface area contributed by atoms with Crippen molar-refractivity contribution in [2.24, 2.45) is 11.8 Å². The van der Waals surface area contributed by atoms with E-state index < -0.39 is 20.5 Å². The van der Waals surface area contributed by atoms with Gasteiger partial charge in [0, 0.05) is 11.3 Å². The number of imide groups is 1. The lowest BCUT2D eigenvalue weighted by Crippen LogP contribution is -2.56. The molecule has 1 aliphatic heterocycles. The molecule has 0 spiro atoms. The molecule has 186 valence electrons. The molecule has 0 radical (unpaired) electrons. The molecule has 0 saturated carbocycles. The van der Waals surface area contributed by atoms with Gasteiger partial charge in [-0.15, -0.1) is 0 Å². The number of carbonyl (C=O) groups is 3. The van der Waals surface area contributed by atoms with Gasteiger partial charge in [-0.05, 0) is 58.7 Å². The lowest BCUT2D eigenvalue weighted by Gasteiger charge is -2.55. The third kappa shape index (κ3) is 2.94. The number of nitrogens with one attached hydrogen (secondary N) is 1. The lowest BCUT2D eigenvalue weighted by atomic mass is 9.54. The number of carbonyl (C=O) groups excluding carboxylic acids is 3. The van der Waals surface area contributed by atoms with Gasteiger partial charge in [0.15, 0.2) is 0 Å². The maximum absolute atomic E-state index is 14.1. The Balaban J connectivity index is 1.28. The first kappa shape index (κ1) is 23.6. The van der Waals surface area contributed by atoms with Crippen LogP contribution in [-0.2, 0) is 18.2 Å². The van der Waals surface area contributed by atoms with E-state index in [1.165, 1.54) is 4.90 Å². The van der Waals surface area contributed by atoms with Gasteiger partial charge in [-0.3, -0.25) is 14.4 Å². The van der Waals surface area contributed by atoms with Crippen molar-refractivity contribution in [3.8, 4) is 0 Å². The van der Waals surface area contributed by atoms with Gasteiger partial charge in [-0.2, -0.15) is 0 Å². The van der Waals surface area contributed by atoms with Gasteiger partial charge in [0.25, 0.3) is 5.91 Å². The Morgan fingerprint density at radius 1 is 0.632 bits per heavy atom. The second kappa shape index (κ2) is 8.22. The number of alkyl halides is 2. The predicted octanol–water partition coefficient (Wildman–Crippen LogP) is 6.35. The number of benzene rings is 4. The Kier molecular flexibility index (Phi) is 5.10. The molecule has 2 atom stereocenters. The standard InChI is InChI=1S/C31H20Br2N2O3/c32-30-21-10-4-5-11-22(21)31(33,24-13-7-6-12-23(24)30)26-25(30)28(37)35(29(26)38)20-16-14-19(15-17-20)34-27(36)18-8-2-1-3-9-18/h1-17,25-26H,(H,34,36)/t25-,26+,30?,31?. The lowest BCUT2D eigenvalue weighted by molar-refractivity contribution is -0.122. The SMILES string of the molecule is O=C(Nc1ccc(N2C(=O)[C@@H]3[C@H](C2=O)C2(Br)c4ccccc4C3(Br)c3ccccc32)cc1)c1ccccc1. The summed E-state index contributed by atoms with van der Waals surface area (Å²) in [5, 5.41) is 2.87. The van der Waals surface area contributed by atoms with Crippen molar-refractivity contribution in [3.05, 3.63) is 131 Å². The summed E-state index contributed by atoms with van der Waals surface area (Å²) >= 11 is 8.04. The van der Waals surface area contributed by atoms with Crippen LogP contribution in [0.3, 0.4) is 0 Å². The first-order valence-corrected chi connectivity index (χ1v) is 13.9. The zero-order valence-corrected chi connectivity index (χ0v) is 23.1. The van der Waals surface area contributed by atoms with Gasteiger partial charge in [0.2, 0.25) is 11.8 Å². The highest BCUT2D eigenvalue weighted by molar-refractivity contribution is 9.10. The molecule has 2 bridgehead atoms. The average molecular weight is 628 g/mol. The van der Waals surface area contributed by atoms with E-state index >= 15 is 0 Å². The molecule has 1 N–H and O–H groups in total. The van der Waals surface area contributed by atoms with Gasteiger partial charge in [-0.25, -0.2) is 4.90 Å². The summed E-state index contributed by atoms with van der Waals surface area (Å²) in [6.07, 6.45) is 0. The van der Waals surface area contributed by atoms with E-state index in [-0.39, 0.29) is 17.7 Å². The number of nitrogens with zero attached hydrogens (tertiary/aromatic N) is 1. The number of halogens is 2. The van der Waals surface area contributed by atoms with Crippen molar-refractivity contribution in [3.63, 3.8) is 0 Å². The highest BCUT2D eigenvalue weighted by atomic mass is 79.9. The first-order chi connectivity index (χ1) is 18.4. The summed E-state index contributed by atoms with van der Waals surface area (Å²) in [5.74, 6) is -1.97. The predicted molar refractivity (Wildman–Crippen MR) is 153 cm³/mol. The summed E-state index contributed by atoms with van der Waals surface area (Å²) in [5.41, 5.74) is 5.60. The Hall–Kier alpha value is -3.55. The Bertz CT molecular complexity index is 1530. The van der Waals surface area contributed by atoms with Gasteiger partial charge < -0.3 is 5.32 Å². The van der Waals surface area contributed by atoms with Crippen LogP contribution in [0.25, 0.3) is 0 Å². The third-order valence-corrected chi connectivity index (χ3v) is 10.7. The summed E-state index contributed by atoms with van der Waals surface area (Å²) < 4.78 is -1.66. The zero-order chi connectivity index (χ0) is 26.2. The average Bonchev–Trinajstić information content (AvgIpc) is 3.23. The van der Waals surface area contributed by atoms with E-state index in [9.17, 15) is 14.4 Å². The maximum atomic E-state index is 14.1. The van der Waals surface area contributed by atoms with E-state index in [0.717, 1.165) is 22.3 Å². The van der Waals surface area contributed by atoms with Crippen LogP contribution in [0.2, 0.25) is 0 Å². The van der Waals surface area contributed by atoms with Crippen LogP contribution in [0.4, 0.5) is 11.4 Å². The number of rotatable bonds is 3. The number of hydrogen-bond acceptors (Lipinski definition) is 3. The van der Waals surface area contributed by atoms with E-state index in [1.807, 2.05) is 54.6 Å². The molecule has 4 aromatic carbocycles. The van der Waals surface area contributed by atoms with Crippen molar-refractivity contribution in [2.75, 3.05) is 10.2 Å². The van der Waals surface area contributed by atoms with Crippen LogP contribution in [0, 0.1) is 11.8 Å². The summed E-state index contributed by atoms with van der Waals surface area (Å²) in [4.78, 5) is 42.1. The molecular formula is C31H20Br2N2O3. The minimum absolute atomic E-state index is 0.229. The fourth-order valence-corrected chi connectivity index (χ4v) is 8.71. The van der Waals surface area contributed by atoms with E-state index in [4.69, 9.17) is 0 Å². The van der Waals surface area contributed by atoms with Crippen LogP contribution in [0.1, 0.15) is 32.6 Å². The molecule has 5 nitrogen and oxygen atoms in total. The topological polar surface area (TPSA) is 66.5 Å². The summed E-state index contributed by atoms with van der Waals surface area (Å²) in [6.45, 7) is 0. The van der Waals surface area contributed by atoms with Crippen LogP contribution >= 0.6 is 31.9 Å². The Morgan fingerprint density at radius 2 is 1.05 bits per heavy atom. The van der Waals surface area contributed by atoms with Crippen molar-refractivity contribution >= 4 is 61.0 Å². The maximum Gasteiger partial charge on any atom is 0.255 e. The second-order valence-corrected chi connectivity index (χ2v) is 12.4. The normalized spacial score (nSPS) is 26.5. The fourth-order valence-electron chi connectivity index (χ4n) is 6.41. The van der Waals surface area contributed by atoms with E-state index in [1.54, 1.807) is 48.5 Å². The molecule has 1 heterocycles. The smallest absolute Gasteiger partial charge is 0.255 e. The first-order valence-electron chi connectivity index (χ1n) is 12.3. The summed E-state index contributed by atoms with van der Waals surface area (Å²) in [7, 11) is 0. The van der Waals surface area contributed by atoms with Crippen molar-refractivity contribution in [2.45, 2.75) is 8.65 Å². The fraction of sp³-hybridized carbons (Fsp3) is 0.129. The highest BCUT2D eigenvalue weighted by Gasteiger charge is 2.72. The number of hydrogen-bond donors (Lipinski definition) is 1. The molecule has 3 amide bonds. The molecule has 0 unspecified atom stereocenters. The molecular weight excluding hydrogens is 608 g/mol. The largest absolute Gasteiger partial charge is 0.322 e. The second-order valence-electron chi connectivity index (χ2n) is 9.85. The van der Waals surface area contributed by atoms with Gasteiger partial charge in [-0.1, -0.05) is 98.6 Å². The highest BCUT2D eigenvalue weighted by Crippen LogP contribution is 2.70. The Labute approximate surface area is 236 Å². The molecule has 0 aromatic heterocycles. The van der Waals surface area contributed by atoms with E-state index in [2.05, 4.69) is 37.2 Å². The minimum atomic E-state index is -0.828. The van der Waals surface area contributed by atoms with Crippen LogP contribution in [0.5, 0.6) is 0 Å². The molecule has 1 saturated heterocycles. The van der Waals surface area contributed by atoms with Gasteiger partial charge in [0.05, 0.1) is 26.2 Å². The minimum Gasteiger partial charge on any atom is -0.322 e. The van der Waals surface area contributed by atoms with Crippen molar-refractivity contribution in [1.82, 2.24) is 0 Å². The quantitative estimate of drug-likeness (QED) is 0.213. The number of anilines is 2. The molecule has 7 heteroatoms. The zero-order valence-electron chi connectivity index (χ0n) is 19.9. The van der Waals surface area contributed by atoms with Crippen molar-refractivity contribution < 1.29 is 14.4 Å². The van der Waals surface area contributed by atoms with Crippen molar-refractivity contribution in [1.29, 1.82) is 0 Å². The van der Waals surface area contributed by atoms with Crippen LogP contribution in [0.15, 0.2) is 103 Å². The molecule has 8 rings (SSSR count). The van der Waals surface area contributed by atoms with Crippen LogP contribution in [-0.4, -0.2) is 17.7 Å². The molecule has 38 heavy (non-hydrogen) atoms. The van der Waals surface area contributed by atoms with Crippen LogP contribution < -0.4 is 10.2 Å². The number of amides is 3. The molecule has 4 aliphatic rings. The molecule has 1 fully saturated rings. The Morgan fingerprint density at radius 3 is 1.50 bits per heavy atom. The molecule has 3 aliphatic carbocycles. The third-order valence-electron chi connectivity index (χ3n) is 8.00. The summed E-state index contributed by atoms with van der Waals surface area (Å²) in [6, 6.07) is 31.8. The van der Waals surface area contributed by atoms with Gasteiger partial charge in [0.1, 0.15) is 0 Å². The monoisotopic (exact) mass is 626 g/mol. The van der Waals surface area contributed by atoms with E-state index in [0.29, 0.717) is 16.9 Å². The molecule has 4 aromatic rings.